The number of rotatable bonds is 2. The highest BCUT2D eigenvalue weighted by molar-refractivity contribution is 5.14. The SMILES string of the molecule is CC12CN3CC(C)(C1)C[N+](Cc1ccccc1)(C3)C2. The fraction of sp³-hybridized carbons (Fsp3) is 0.647. The van der Waals surface area contributed by atoms with Gasteiger partial charge in [0.05, 0.1) is 13.1 Å². The summed E-state index contributed by atoms with van der Waals surface area (Å²) in [5, 5.41) is 0. The maximum absolute atomic E-state index is 2.74. The van der Waals surface area contributed by atoms with Crippen LogP contribution in [0, 0.1) is 10.8 Å². The zero-order chi connectivity index (χ0) is 13.1. The molecule has 4 saturated heterocycles. The number of hydrogen-bond acceptors (Lipinski definition) is 1. The van der Waals surface area contributed by atoms with Crippen molar-refractivity contribution >= 4 is 0 Å². The normalized spacial score (nSPS) is 47.6. The van der Waals surface area contributed by atoms with E-state index in [2.05, 4.69) is 49.1 Å². The minimum absolute atomic E-state index is 0.554. The second-order valence-electron chi connectivity index (χ2n) is 8.23. The lowest BCUT2D eigenvalue weighted by molar-refractivity contribution is -0.981. The first kappa shape index (κ1) is 11.9. The third kappa shape index (κ3) is 1.93. The molecule has 4 fully saturated rings. The fourth-order valence-electron chi connectivity index (χ4n) is 5.92. The number of quaternary nitrogens is 1. The van der Waals surface area contributed by atoms with E-state index in [1.807, 2.05) is 0 Å². The van der Waals surface area contributed by atoms with Gasteiger partial charge < -0.3 is 4.48 Å². The molecule has 102 valence electrons. The standard InChI is InChI=1S/C17H25N2/c1-16-9-17(2)11-18(10-16)14-19(12-16,13-17)8-15-6-4-3-5-7-15/h3-7H,8-14H2,1-2H3/q+1. The Morgan fingerprint density at radius 2 is 1.68 bits per heavy atom. The first-order valence-corrected chi connectivity index (χ1v) is 7.60. The van der Waals surface area contributed by atoms with E-state index in [4.69, 9.17) is 0 Å². The summed E-state index contributed by atoms with van der Waals surface area (Å²) in [6.45, 7) is 13.0. The fourth-order valence-corrected chi connectivity index (χ4v) is 5.92. The van der Waals surface area contributed by atoms with E-state index < -0.39 is 0 Å². The lowest BCUT2D eigenvalue weighted by atomic mass is 9.63. The molecule has 2 nitrogen and oxygen atoms in total. The van der Waals surface area contributed by atoms with Crippen LogP contribution in [0.15, 0.2) is 30.3 Å². The van der Waals surface area contributed by atoms with Gasteiger partial charge in [-0.25, -0.2) is 0 Å². The van der Waals surface area contributed by atoms with Crippen LogP contribution >= 0.6 is 0 Å². The van der Waals surface area contributed by atoms with Crippen molar-refractivity contribution in [1.82, 2.24) is 4.90 Å². The average Bonchev–Trinajstić information content (AvgIpc) is 2.24. The van der Waals surface area contributed by atoms with Gasteiger partial charge in [-0.1, -0.05) is 44.2 Å². The maximum atomic E-state index is 2.74. The van der Waals surface area contributed by atoms with Crippen molar-refractivity contribution in [3.8, 4) is 0 Å². The molecule has 2 heteroatoms. The van der Waals surface area contributed by atoms with Gasteiger partial charge in [-0.15, -0.1) is 0 Å². The summed E-state index contributed by atoms with van der Waals surface area (Å²) in [5.74, 6) is 0. The summed E-state index contributed by atoms with van der Waals surface area (Å²) >= 11 is 0. The Morgan fingerprint density at radius 3 is 2.26 bits per heavy atom. The van der Waals surface area contributed by atoms with Crippen LogP contribution in [-0.4, -0.2) is 42.2 Å². The van der Waals surface area contributed by atoms with Crippen molar-refractivity contribution in [3.05, 3.63) is 35.9 Å². The van der Waals surface area contributed by atoms with Crippen LogP contribution in [0.5, 0.6) is 0 Å². The number of benzene rings is 1. The second-order valence-corrected chi connectivity index (χ2v) is 8.23. The van der Waals surface area contributed by atoms with Gasteiger partial charge in [0.2, 0.25) is 0 Å². The zero-order valence-electron chi connectivity index (χ0n) is 12.2. The lowest BCUT2D eigenvalue weighted by Gasteiger charge is -2.66. The van der Waals surface area contributed by atoms with Gasteiger partial charge in [0.25, 0.3) is 0 Å². The average molecular weight is 257 g/mol. The van der Waals surface area contributed by atoms with E-state index in [9.17, 15) is 0 Å². The van der Waals surface area contributed by atoms with Gasteiger partial charge in [0, 0.05) is 29.5 Å². The predicted octanol–water partition coefficient (Wildman–Crippen LogP) is 2.71. The molecular weight excluding hydrogens is 232 g/mol. The molecule has 4 aliphatic rings. The third-order valence-corrected chi connectivity index (χ3v) is 5.36. The molecule has 0 amide bonds. The molecule has 4 aliphatic heterocycles. The van der Waals surface area contributed by atoms with Crippen LogP contribution in [-0.2, 0) is 6.54 Å². The van der Waals surface area contributed by atoms with Crippen molar-refractivity contribution in [2.24, 2.45) is 10.8 Å². The van der Waals surface area contributed by atoms with Crippen molar-refractivity contribution < 1.29 is 4.48 Å². The van der Waals surface area contributed by atoms with Crippen LogP contribution < -0.4 is 0 Å². The van der Waals surface area contributed by atoms with E-state index >= 15 is 0 Å². The number of piperidine rings is 2. The van der Waals surface area contributed by atoms with E-state index in [-0.39, 0.29) is 0 Å². The monoisotopic (exact) mass is 257 g/mol. The quantitative estimate of drug-likeness (QED) is 0.736. The Labute approximate surface area is 116 Å². The molecule has 4 bridgehead atoms. The second kappa shape index (κ2) is 3.62. The van der Waals surface area contributed by atoms with E-state index in [0.29, 0.717) is 10.8 Å². The molecule has 19 heavy (non-hydrogen) atoms. The highest BCUT2D eigenvalue weighted by atomic mass is 15.5. The van der Waals surface area contributed by atoms with Crippen LogP contribution in [0.1, 0.15) is 25.8 Å². The molecule has 0 radical (unpaired) electrons. The van der Waals surface area contributed by atoms with Gasteiger partial charge in [0.1, 0.15) is 13.2 Å². The van der Waals surface area contributed by atoms with E-state index in [1.165, 1.54) is 55.9 Å². The Morgan fingerprint density at radius 1 is 1.05 bits per heavy atom. The van der Waals surface area contributed by atoms with Gasteiger partial charge in [-0.05, 0) is 6.42 Å². The summed E-state index contributed by atoms with van der Waals surface area (Å²) in [6.07, 6.45) is 1.44. The highest BCUT2D eigenvalue weighted by Gasteiger charge is 2.60. The molecule has 2 atom stereocenters. The first-order valence-electron chi connectivity index (χ1n) is 7.60. The number of hydrogen-bond donors (Lipinski definition) is 0. The molecule has 0 saturated carbocycles. The molecular formula is C17H25N2+. The summed E-state index contributed by atoms with van der Waals surface area (Å²) in [5.41, 5.74) is 2.62. The van der Waals surface area contributed by atoms with Crippen molar-refractivity contribution in [2.45, 2.75) is 26.8 Å². The van der Waals surface area contributed by atoms with Crippen LogP contribution in [0.3, 0.4) is 0 Å². The molecule has 0 spiro atoms. The van der Waals surface area contributed by atoms with Gasteiger partial charge in [-0.2, -0.15) is 0 Å². The number of nitrogens with zero attached hydrogens (tertiary/aromatic N) is 2. The van der Waals surface area contributed by atoms with Crippen molar-refractivity contribution in [2.75, 3.05) is 32.8 Å². The summed E-state index contributed by atoms with van der Waals surface area (Å²) in [7, 11) is 0. The molecule has 1 aromatic rings. The molecule has 0 aliphatic carbocycles. The minimum atomic E-state index is 0.554. The first-order chi connectivity index (χ1) is 8.99. The zero-order valence-corrected chi connectivity index (χ0v) is 12.2. The maximum Gasteiger partial charge on any atom is 0.135 e. The van der Waals surface area contributed by atoms with E-state index in [1.54, 1.807) is 0 Å². The van der Waals surface area contributed by atoms with Crippen molar-refractivity contribution in [1.29, 1.82) is 0 Å². The minimum Gasteiger partial charge on any atom is -0.306 e. The summed E-state index contributed by atoms with van der Waals surface area (Å²) in [4.78, 5) is 2.74. The highest BCUT2D eigenvalue weighted by Crippen LogP contribution is 2.52. The Bertz CT molecular complexity index is 477. The summed E-state index contributed by atoms with van der Waals surface area (Å²) in [6, 6.07) is 11.1. The molecule has 2 unspecified atom stereocenters. The molecule has 4 heterocycles. The van der Waals surface area contributed by atoms with Crippen LogP contribution in [0.4, 0.5) is 0 Å². The molecule has 5 rings (SSSR count). The van der Waals surface area contributed by atoms with E-state index in [0.717, 1.165) is 0 Å². The largest absolute Gasteiger partial charge is 0.306 e. The van der Waals surface area contributed by atoms with Crippen LogP contribution in [0.25, 0.3) is 0 Å². The third-order valence-electron chi connectivity index (χ3n) is 5.36. The Balaban J connectivity index is 1.67. The van der Waals surface area contributed by atoms with Gasteiger partial charge in [0.15, 0.2) is 0 Å². The molecule has 1 aromatic carbocycles. The molecule has 0 aromatic heterocycles. The van der Waals surface area contributed by atoms with Crippen LogP contribution in [0.2, 0.25) is 0 Å². The van der Waals surface area contributed by atoms with Crippen molar-refractivity contribution in [3.63, 3.8) is 0 Å². The molecule has 0 N–H and O–H groups in total. The van der Waals surface area contributed by atoms with Gasteiger partial charge >= 0.3 is 0 Å². The van der Waals surface area contributed by atoms with Gasteiger partial charge in [-0.3, -0.25) is 4.90 Å². The Kier molecular flexibility index (Phi) is 2.27. The Hall–Kier alpha value is -0.860. The topological polar surface area (TPSA) is 3.24 Å². The summed E-state index contributed by atoms with van der Waals surface area (Å²) < 4.78 is 1.30. The smallest absolute Gasteiger partial charge is 0.135 e. The predicted molar refractivity (Wildman–Crippen MR) is 77.4 cm³/mol. The lowest BCUT2D eigenvalue weighted by Crippen LogP contribution is -2.77.